The van der Waals surface area contributed by atoms with Gasteiger partial charge in [0.05, 0.1) is 12.6 Å². The Morgan fingerprint density at radius 1 is 1.71 bits per heavy atom. The molecular weight excluding hydrogens is 198 g/mol. The summed E-state index contributed by atoms with van der Waals surface area (Å²) in [5.74, 6) is 0. The van der Waals surface area contributed by atoms with E-state index in [1.54, 1.807) is 23.3 Å². The maximum Gasteiger partial charge on any atom is 0.333 e. The normalized spacial score (nSPS) is 21.4. The number of urea groups is 1. The fourth-order valence-corrected chi connectivity index (χ4v) is 2.40. The van der Waals surface area contributed by atoms with E-state index in [1.165, 1.54) is 4.90 Å². The summed E-state index contributed by atoms with van der Waals surface area (Å²) in [6.07, 6.45) is 1.88. The summed E-state index contributed by atoms with van der Waals surface area (Å²) in [5.41, 5.74) is 0. The molecule has 0 aliphatic carbocycles. The summed E-state index contributed by atoms with van der Waals surface area (Å²) in [6.45, 7) is 0.465. The van der Waals surface area contributed by atoms with Gasteiger partial charge in [0.15, 0.2) is 6.19 Å². The predicted octanol–water partition coefficient (Wildman–Crippen LogP) is 1.64. The number of nitriles is 1. The van der Waals surface area contributed by atoms with Crippen LogP contribution in [0, 0.1) is 11.5 Å². The van der Waals surface area contributed by atoms with Crippen molar-refractivity contribution in [3.63, 3.8) is 0 Å². The molecule has 0 saturated carbocycles. The van der Waals surface area contributed by atoms with Crippen molar-refractivity contribution in [2.45, 2.75) is 6.04 Å². The number of likely N-dealkylation sites (N-methyl/N-ethyl adjacent to an activating group) is 1. The van der Waals surface area contributed by atoms with Gasteiger partial charge in [0.25, 0.3) is 0 Å². The summed E-state index contributed by atoms with van der Waals surface area (Å²) in [6, 6.07) is 3.75. The molecule has 1 aromatic heterocycles. The molecule has 14 heavy (non-hydrogen) atoms. The summed E-state index contributed by atoms with van der Waals surface area (Å²) >= 11 is 1.61. The lowest BCUT2D eigenvalue weighted by Crippen LogP contribution is -2.26. The van der Waals surface area contributed by atoms with E-state index in [1.807, 2.05) is 23.7 Å². The average Bonchev–Trinajstić information content (AvgIpc) is 2.78. The minimum absolute atomic E-state index is 0.0298. The zero-order valence-corrected chi connectivity index (χ0v) is 8.49. The Morgan fingerprint density at radius 2 is 2.50 bits per heavy atom. The molecule has 0 bridgehead atoms. The predicted molar refractivity (Wildman–Crippen MR) is 52.5 cm³/mol. The molecule has 2 heterocycles. The van der Waals surface area contributed by atoms with Gasteiger partial charge >= 0.3 is 6.03 Å². The first-order valence-corrected chi connectivity index (χ1v) is 5.09. The van der Waals surface area contributed by atoms with Crippen LogP contribution in [0.3, 0.4) is 0 Å². The van der Waals surface area contributed by atoms with Crippen LogP contribution in [0.25, 0.3) is 0 Å². The number of rotatable bonds is 1. The van der Waals surface area contributed by atoms with Crippen molar-refractivity contribution in [3.8, 4) is 6.19 Å². The molecule has 1 aliphatic rings. The molecule has 0 N–H and O–H groups in total. The first-order valence-electron chi connectivity index (χ1n) is 4.21. The van der Waals surface area contributed by atoms with E-state index in [-0.39, 0.29) is 12.1 Å². The van der Waals surface area contributed by atoms with Gasteiger partial charge in [-0.3, -0.25) is 0 Å². The van der Waals surface area contributed by atoms with E-state index in [2.05, 4.69) is 0 Å². The van der Waals surface area contributed by atoms with Crippen molar-refractivity contribution < 1.29 is 4.79 Å². The molecule has 2 amide bonds. The van der Waals surface area contributed by atoms with Gasteiger partial charge in [0.1, 0.15) is 0 Å². The molecular formula is C9H9N3OS. The Labute approximate surface area is 86.0 Å². The molecule has 5 heteroatoms. The van der Waals surface area contributed by atoms with E-state index >= 15 is 0 Å². The Hall–Kier alpha value is -1.54. The number of thiophene rings is 1. The summed E-state index contributed by atoms with van der Waals surface area (Å²) in [4.78, 5) is 15.4. The summed E-state index contributed by atoms with van der Waals surface area (Å²) in [7, 11) is 1.73. The molecule has 1 atom stereocenters. The molecule has 2 rings (SSSR count). The first-order chi connectivity index (χ1) is 6.74. The minimum atomic E-state index is -0.217. The van der Waals surface area contributed by atoms with Crippen molar-refractivity contribution in [1.82, 2.24) is 9.80 Å². The highest BCUT2D eigenvalue weighted by Crippen LogP contribution is 2.30. The maximum absolute atomic E-state index is 11.5. The van der Waals surface area contributed by atoms with Crippen molar-refractivity contribution in [2.24, 2.45) is 0 Å². The van der Waals surface area contributed by atoms with Crippen molar-refractivity contribution in [1.29, 1.82) is 5.26 Å². The second kappa shape index (κ2) is 3.31. The number of amides is 2. The van der Waals surface area contributed by atoms with E-state index < -0.39 is 0 Å². The third kappa shape index (κ3) is 1.24. The lowest BCUT2D eigenvalue weighted by atomic mass is 10.2. The zero-order chi connectivity index (χ0) is 10.1. The van der Waals surface area contributed by atoms with Gasteiger partial charge in [-0.15, -0.1) is 11.3 Å². The Bertz CT molecular complexity index is 381. The van der Waals surface area contributed by atoms with E-state index in [9.17, 15) is 4.79 Å². The highest BCUT2D eigenvalue weighted by Gasteiger charge is 2.36. The van der Waals surface area contributed by atoms with Crippen LogP contribution in [0.15, 0.2) is 17.5 Å². The molecule has 0 radical (unpaired) electrons. The molecule has 1 aliphatic heterocycles. The standard InChI is InChI=1S/C9H9N3OS/c1-11-7(8-3-2-4-14-8)5-12(6-10)9(11)13/h2-4,7H,5H2,1H3. The van der Waals surface area contributed by atoms with Gasteiger partial charge in [-0.25, -0.2) is 9.69 Å². The Kier molecular flexibility index (Phi) is 2.14. The summed E-state index contributed by atoms with van der Waals surface area (Å²) < 4.78 is 0. The van der Waals surface area contributed by atoms with Crippen LogP contribution in [0.4, 0.5) is 4.79 Å². The first kappa shape index (κ1) is 9.03. The molecule has 4 nitrogen and oxygen atoms in total. The monoisotopic (exact) mass is 207 g/mol. The van der Waals surface area contributed by atoms with Crippen LogP contribution in [0.2, 0.25) is 0 Å². The smallest absolute Gasteiger partial charge is 0.317 e. The highest BCUT2D eigenvalue weighted by atomic mass is 32.1. The third-order valence-electron chi connectivity index (χ3n) is 2.35. The van der Waals surface area contributed by atoms with Gasteiger partial charge in [-0.1, -0.05) is 6.07 Å². The van der Waals surface area contributed by atoms with Crippen LogP contribution in [-0.4, -0.2) is 29.4 Å². The average molecular weight is 207 g/mol. The number of carbonyl (C=O) groups excluding carboxylic acids is 1. The SMILES string of the molecule is CN1C(=O)N(C#N)CC1c1cccs1. The summed E-state index contributed by atoms with van der Waals surface area (Å²) in [5, 5.41) is 10.7. The van der Waals surface area contributed by atoms with Crippen LogP contribution < -0.4 is 0 Å². The highest BCUT2D eigenvalue weighted by molar-refractivity contribution is 7.10. The van der Waals surface area contributed by atoms with Crippen LogP contribution in [-0.2, 0) is 0 Å². The molecule has 1 fully saturated rings. The number of nitrogens with zero attached hydrogens (tertiary/aromatic N) is 3. The van der Waals surface area contributed by atoms with Crippen molar-refractivity contribution in [2.75, 3.05) is 13.6 Å². The fraction of sp³-hybridized carbons (Fsp3) is 0.333. The third-order valence-corrected chi connectivity index (χ3v) is 3.32. The van der Waals surface area contributed by atoms with Crippen LogP contribution >= 0.6 is 11.3 Å². The lowest BCUT2D eigenvalue weighted by Gasteiger charge is -2.15. The molecule has 72 valence electrons. The van der Waals surface area contributed by atoms with Gasteiger partial charge in [0.2, 0.25) is 0 Å². The van der Waals surface area contributed by atoms with Crippen molar-refractivity contribution in [3.05, 3.63) is 22.4 Å². The quantitative estimate of drug-likeness (QED) is 0.657. The van der Waals surface area contributed by atoms with Gasteiger partial charge in [-0.05, 0) is 11.4 Å². The number of hydrogen-bond donors (Lipinski definition) is 0. The van der Waals surface area contributed by atoms with Gasteiger partial charge in [-0.2, -0.15) is 5.26 Å². The van der Waals surface area contributed by atoms with E-state index in [0.717, 1.165) is 4.88 Å². The minimum Gasteiger partial charge on any atom is -0.317 e. The van der Waals surface area contributed by atoms with E-state index in [0.29, 0.717) is 6.54 Å². The lowest BCUT2D eigenvalue weighted by molar-refractivity contribution is 0.206. The zero-order valence-electron chi connectivity index (χ0n) is 7.67. The number of hydrogen-bond acceptors (Lipinski definition) is 3. The van der Waals surface area contributed by atoms with Crippen LogP contribution in [0.1, 0.15) is 10.9 Å². The number of carbonyl (C=O) groups is 1. The Morgan fingerprint density at radius 3 is 3.00 bits per heavy atom. The van der Waals surface area contributed by atoms with Gasteiger partial charge < -0.3 is 4.90 Å². The molecule has 0 aromatic carbocycles. The van der Waals surface area contributed by atoms with Crippen LogP contribution in [0.5, 0.6) is 0 Å². The van der Waals surface area contributed by atoms with E-state index in [4.69, 9.17) is 5.26 Å². The maximum atomic E-state index is 11.5. The molecule has 1 saturated heterocycles. The molecule has 1 unspecified atom stereocenters. The topological polar surface area (TPSA) is 47.3 Å². The molecule has 0 spiro atoms. The fourth-order valence-electron chi connectivity index (χ4n) is 1.54. The second-order valence-corrected chi connectivity index (χ2v) is 4.11. The van der Waals surface area contributed by atoms with Crippen molar-refractivity contribution >= 4 is 17.4 Å². The Balaban J connectivity index is 2.25. The van der Waals surface area contributed by atoms with Gasteiger partial charge in [0, 0.05) is 11.9 Å². The molecule has 1 aromatic rings. The largest absolute Gasteiger partial charge is 0.333 e. The second-order valence-electron chi connectivity index (χ2n) is 3.14.